The van der Waals surface area contributed by atoms with Crippen molar-refractivity contribution >= 4 is 0 Å². The van der Waals surface area contributed by atoms with Crippen molar-refractivity contribution in [3.05, 3.63) is 23.8 Å². The standard InChI is InChI=1S/C21H35NO3/c1-6-25-13-12-22-20(14-16(2)3)21(10-7-11-21)17-8-9-18(23-4)19(15-17)24-5/h8-9,15-16,20,22H,6-7,10-14H2,1-5H3. The van der Waals surface area contributed by atoms with Crippen molar-refractivity contribution in [2.75, 3.05) is 34.0 Å². The van der Waals surface area contributed by atoms with E-state index in [-0.39, 0.29) is 5.41 Å². The molecule has 0 heterocycles. The van der Waals surface area contributed by atoms with Crippen molar-refractivity contribution in [2.45, 2.75) is 57.9 Å². The van der Waals surface area contributed by atoms with Crippen LogP contribution in [0.25, 0.3) is 0 Å². The molecule has 1 aliphatic rings. The van der Waals surface area contributed by atoms with E-state index >= 15 is 0 Å². The molecule has 25 heavy (non-hydrogen) atoms. The molecule has 2 rings (SSSR count). The van der Waals surface area contributed by atoms with Crippen molar-refractivity contribution in [1.29, 1.82) is 0 Å². The first-order valence-electron chi connectivity index (χ1n) is 9.61. The molecule has 0 saturated heterocycles. The van der Waals surface area contributed by atoms with Crippen molar-refractivity contribution < 1.29 is 14.2 Å². The normalized spacial score (nSPS) is 17.2. The molecule has 142 valence electrons. The van der Waals surface area contributed by atoms with Gasteiger partial charge in [-0.2, -0.15) is 0 Å². The predicted octanol–water partition coefficient (Wildman–Crippen LogP) is 4.17. The highest BCUT2D eigenvalue weighted by Crippen LogP contribution is 2.49. The van der Waals surface area contributed by atoms with E-state index in [0.717, 1.165) is 31.3 Å². The van der Waals surface area contributed by atoms with Gasteiger partial charge in [0.1, 0.15) is 0 Å². The van der Waals surface area contributed by atoms with Gasteiger partial charge in [0, 0.05) is 24.6 Å². The Labute approximate surface area is 153 Å². The number of hydrogen-bond acceptors (Lipinski definition) is 4. The summed E-state index contributed by atoms with van der Waals surface area (Å²) in [6.45, 7) is 9.10. The maximum atomic E-state index is 5.55. The molecular weight excluding hydrogens is 314 g/mol. The molecule has 0 amide bonds. The second kappa shape index (κ2) is 9.44. The maximum Gasteiger partial charge on any atom is 0.161 e. The van der Waals surface area contributed by atoms with Crippen molar-refractivity contribution in [3.63, 3.8) is 0 Å². The lowest BCUT2D eigenvalue weighted by Gasteiger charge is -2.49. The van der Waals surface area contributed by atoms with Gasteiger partial charge in [-0.25, -0.2) is 0 Å². The number of nitrogens with one attached hydrogen (secondary N) is 1. The lowest BCUT2D eigenvalue weighted by Crippen LogP contribution is -2.54. The Morgan fingerprint density at radius 2 is 1.84 bits per heavy atom. The average molecular weight is 350 g/mol. The Kier molecular flexibility index (Phi) is 7.57. The van der Waals surface area contributed by atoms with Crippen molar-refractivity contribution in [2.24, 2.45) is 5.92 Å². The molecule has 1 fully saturated rings. The zero-order chi connectivity index (χ0) is 18.3. The van der Waals surface area contributed by atoms with E-state index in [1.807, 2.05) is 13.0 Å². The van der Waals surface area contributed by atoms with Crippen LogP contribution in [0, 0.1) is 5.92 Å². The lowest BCUT2D eigenvalue weighted by molar-refractivity contribution is 0.119. The van der Waals surface area contributed by atoms with Crippen LogP contribution in [0.4, 0.5) is 0 Å². The fraction of sp³-hybridized carbons (Fsp3) is 0.714. The van der Waals surface area contributed by atoms with Crippen LogP contribution in [0.3, 0.4) is 0 Å². The van der Waals surface area contributed by atoms with E-state index in [0.29, 0.717) is 12.0 Å². The fourth-order valence-corrected chi connectivity index (χ4v) is 3.97. The molecule has 1 aromatic rings. The number of ether oxygens (including phenoxy) is 3. The Morgan fingerprint density at radius 3 is 2.36 bits per heavy atom. The van der Waals surface area contributed by atoms with Crippen LogP contribution in [0.2, 0.25) is 0 Å². The summed E-state index contributed by atoms with van der Waals surface area (Å²) in [5.41, 5.74) is 1.56. The topological polar surface area (TPSA) is 39.7 Å². The number of benzene rings is 1. The molecule has 0 bridgehead atoms. The zero-order valence-electron chi connectivity index (χ0n) is 16.6. The van der Waals surface area contributed by atoms with Crippen molar-refractivity contribution in [3.8, 4) is 11.5 Å². The van der Waals surface area contributed by atoms with Gasteiger partial charge in [0.15, 0.2) is 11.5 Å². The molecule has 0 aromatic heterocycles. The highest BCUT2D eigenvalue weighted by molar-refractivity contribution is 5.46. The second-order valence-electron chi connectivity index (χ2n) is 7.41. The third-order valence-electron chi connectivity index (χ3n) is 5.42. The molecule has 4 nitrogen and oxygen atoms in total. The number of hydrogen-bond donors (Lipinski definition) is 1. The Morgan fingerprint density at radius 1 is 1.12 bits per heavy atom. The van der Waals surface area contributed by atoms with E-state index in [9.17, 15) is 0 Å². The second-order valence-corrected chi connectivity index (χ2v) is 7.41. The van der Waals surface area contributed by atoms with Gasteiger partial charge in [-0.1, -0.05) is 26.3 Å². The fourth-order valence-electron chi connectivity index (χ4n) is 3.97. The van der Waals surface area contributed by atoms with Crippen molar-refractivity contribution in [1.82, 2.24) is 5.32 Å². The molecule has 0 aliphatic heterocycles. The summed E-state index contributed by atoms with van der Waals surface area (Å²) < 4.78 is 16.5. The molecule has 4 heteroatoms. The highest BCUT2D eigenvalue weighted by atomic mass is 16.5. The van der Waals surface area contributed by atoms with Gasteiger partial charge in [-0.15, -0.1) is 0 Å². The Hall–Kier alpha value is -1.26. The van der Waals surface area contributed by atoms with E-state index in [1.165, 1.54) is 31.2 Å². The van der Waals surface area contributed by atoms with Gasteiger partial charge in [-0.3, -0.25) is 0 Å². The van der Waals surface area contributed by atoms with Crippen LogP contribution >= 0.6 is 0 Å². The molecule has 1 aliphatic carbocycles. The quantitative estimate of drug-likeness (QED) is 0.609. The first-order chi connectivity index (χ1) is 12.1. The predicted molar refractivity (Wildman–Crippen MR) is 103 cm³/mol. The molecule has 0 spiro atoms. The van der Waals surface area contributed by atoms with E-state index in [4.69, 9.17) is 14.2 Å². The minimum Gasteiger partial charge on any atom is -0.493 e. The molecule has 1 aromatic carbocycles. The maximum absolute atomic E-state index is 5.55. The van der Waals surface area contributed by atoms with Crippen LogP contribution in [-0.4, -0.2) is 40.0 Å². The SMILES string of the molecule is CCOCCNC(CC(C)C)C1(c2ccc(OC)c(OC)c2)CCC1. The van der Waals surface area contributed by atoms with Crippen LogP contribution in [0.1, 0.15) is 52.0 Å². The monoisotopic (exact) mass is 349 g/mol. The summed E-state index contributed by atoms with van der Waals surface area (Å²) in [7, 11) is 3.40. The summed E-state index contributed by atoms with van der Waals surface area (Å²) in [4.78, 5) is 0. The molecule has 1 N–H and O–H groups in total. The van der Waals surface area contributed by atoms with Crippen LogP contribution in [-0.2, 0) is 10.2 Å². The zero-order valence-corrected chi connectivity index (χ0v) is 16.6. The molecule has 1 saturated carbocycles. The van der Waals surface area contributed by atoms with E-state index in [1.54, 1.807) is 14.2 Å². The third kappa shape index (κ3) is 4.68. The number of rotatable bonds is 11. The van der Waals surface area contributed by atoms with E-state index in [2.05, 4.69) is 31.3 Å². The molecule has 1 atom stereocenters. The summed E-state index contributed by atoms with van der Waals surface area (Å²) in [6.07, 6.45) is 4.90. The summed E-state index contributed by atoms with van der Waals surface area (Å²) in [5.74, 6) is 2.27. The average Bonchev–Trinajstić information content (AvgIpc) is 2.56. The van der Waals surface area contributed by atoms with Gasteiger partial charge in [-0.05, 0) is 49.8 Å². The Bertz CT molecular complexity index is 526. The smallest absolute Gasteiger partial charge is 0.161 e. The Balaban J connectivity index is 2.24. The van der Waals surface area contributed by atoms with Gasteiger partial charge in [0.2, 0.25) is 0 Å². The highest BCUT2D eigenvalue weighted by Gasteiger charge is 2.45. The first kappa shape index (κ1) is 20.1. The molecule has 1 unspecified atom stereocenters. The minimum atomic E-state index is 0.191. The lowest BCUT2D eigenvalue weighted by atomic mass is 9.58. The van der Waals surface area contributed by atoms with Gasteiger partial charge < -0.3 is 19.5 Å². The first-order valence-corrected chi connectivity index (χ1v) is 9.61. The summed E-state index contributed by atoms with van der Waals surface area (Å²) in [6, 6.07) is 6.90. The number of methoxy groups -OCH3 is 2. The molecule has 0 radical (unpaired) electrons. The van der Waals surface area contributed by atoms with Crippen LogP contribution in [0.15, 0.2) is 18.2 Å². The summed E-state index contributed by atoms with van der Waals surface area (Å²) in [5, 5.41) is 3.80. The molecular formula is C21H35NO3. The van der Waals surface area contributed by atoms with Gasteiger partial charge in [0.25, 0.3) is 0 Å². The van der Waals surface area contributed by atoms with Gasteiger partial charge in [0.05, 0.1) is 20.8 Å². The largest absolute Gasteiger partial charge is 0.493 e. The van der Waals surface area contributed by atoms with Gasteiger partial charge >= 0.3 is 0 Å². The summed E-state index contributed by atoms with van der Waals surface area (Å²) >= 11 is 0. The third-order valence-corrected chi connectivity index (χ3v) is 5.42. The van der Waals surface area contributed by atoms with E-state index < -0.39 is 0 Å². The van der Waals surface area contributed by atoms with Crippen LogP contribution < -0.4 is 14.8 Å². The van der Waals surface area contributed by atoms with Crippen LogP contribution in [0.5, 0.6) is 11.5 Å². The minimum absolute atomic E-state index is 0.191.